The first-order valence-corrected chi connectivity index (χ1v) is 9.39. The molecule has 3 heterocycles. The molecular weight excluding hydrogens is 306 g/mol. The highest BCUT2D eigenvalue weighted by atomic mass is 32.2. The third-order valence-electron chi connectivity index (χ3n) is 4.24. The third-order valence-corrected chi connectivity index (χ3v) is 6.25. The molecule has 0 spiro atoms. The van der Waals surface area contributed by atoms with Gasteiger partial charge in [0, 0.05) is 38.0 Å². The van der Waals surface area contributed by atoms with Crippen LogP contribution in [0.2, 0.25) is 0 Å². The summed E-state index contributed by atoms with van der Waals surface area (Å²) in [6, 6.07) is 0. The van der Waals surface area contributed by atoms with Gasteiger partial charge in [-0.3, -0.25) is 4.68 Å². The average molecular weight is 329 g/mol. The minimum absolute atomic E-state index is 0.120. The molecule has 8 heteroatoms. The molecule has 2 atom stereocenters. The number of sulfonamides is 1. The number of aromatic nitrogens is 2. The molecule has 0 aromatic carbocycles. The Labute approximate surface area is 131 Å². The summed E-state index contributed by atoms with van der Waals surface area (Å²) >= 11 is 0. The van der Waals surface area contributed by atoms with Crippen LogP contribution in [-0.2, 0) is 26.0 Å². The van der Waals surface area contributed by atoms with Crippen LogP contribution in [0, 0.1) is 5.92 Å². The van der Waals surface area contributed by atoms with Crippen molar-refractivity contribution in [2.45, 2.75) is 26.0 Å². The van der Waals surface area contributed by atoms with E-state index in [1.807, 2.05) is 17.8 Å². The zero-order chi connectivity index (χ0) is 15.6. The number of hydrogen-bond donors (Lipinski definition) is 0. The van der Waals surface area contributed by atoms with Crippen molar-refractivity contribution in [3.8, 4) is 0 Å². The molecule has 1 aromatic rings. The largest absolute Gasteiger partial charge is 0.381 e. The second kappa shape index (κ2) is 6.66. The number of ether oxygens (including phenoxy) is 2. The minimum atomic E-state index is -3.26. The summed E-state index contributed by atoms with van der Waals surface area (Å²) in [5, 5.41) is 4.23. The molecule has 2 aliphatic heterocycles. The van der Waals surface area contributed by atoms with Crippen molar-refractivity contribution in [2.24, 2.45) is 5.92 Å². The molecule has 2 fully saturated rings. The third kappa shape index (κ3) is 3.51. The molecule has 0 N–H and O–H groups in total. The van der Waals surface area contributed by atoms with Gasteiger partial charge in [0.1, 0.15) is 0 Å². The van der Waals surface area contributed by atoms with E-state index in [0.29, 0.717) is 32.9 Å². The molecule has 0 amide bonds. The fraction of sp³-hybridized carbons (Fsp3) is 0.786. The number of nitrogens with zero attached hydrogens (tertiary/aromatic N) is 3. The molecule has 124 valence electrons. The number of aryl methyl sites for hydroxylation is 1. The van der Waals surface area contributed by atoms with Crippen LogP contribution in [0.3, 0.4) is 0 Å². The maximum absolute atomic E-state index is 12.6. The molecule has 0 aliphatic carbocycles. The van der Waals surface area contributed by atoms with Gasteiger partial charge in [-0.25, -0.2) is 8.42 Å². The first kappa shape index (κ1) is 15.9. The molecule has 0 bridgehead atoms. The van der Waals surface area contributed by atoms with Crippen molar-refractivity contribution in [2.75, 3.05) is 38.7 Å². The maximum Gasteiger partial charge on any atom is 0.214 e. The lowest BCUT2D eigenvalue weighted by atomic mass is 10.2. The number of rotatable bonds is 5. The van der Waals surface area contributed by atoms with Crippen LogP contribution in [0.15, 0.2) is 12.4 Å². The van der Waals surface area contributed by atoms with Crippen LogP contribution in [0.4, 0.5) is 0 Å². The van der Waals surface area contributed by atoms with E-state index in [4.69, 9.17) is 9.47 Å². The second-order valence-corrected chi connectivity index (χ2v) is 7.87. The van der Waals surface area contributed by atoms with Crippen LogP contribution < -0.4 is 0 Å². The zero-order valence-corrected chi connectivity index (χ0v) is 13.7. The molecule has 3 rings (SSSR count). The maximum atomic E-state index is 12.6. The quantitative estimate of drug-likeness (QED) is 0.793. The van der Waals surface area contributed by atoms with Crippen LogP contribution in [0.1, 0.15) is 25.0 Å². The van der Waals surface area contributed by atoms with E-state index in [2.05, 4.69) is 5.10 Å². The number of morpholine rings is 1. The smallest absolute Gasteiger partial charge is 0.214 e. The standard InChI is InChI=1S/C14H23N3O4S/c1-2-16-8-13(7-15-16)14-9-17(4-6-21-14)22(18,19)11-12-3-5-20-10-12/h7-8,12,14H,2-6,9-11H2,1H3/t12-,14+/m1/s1. The fourth-order valence-corrected chi connectivity index (χ4v) is 4.70. The van der Waals surface area contributed by atoms with Crippen molar-refractivity contribution in [3.05, 3.63) is 18.0 Å². The van der Waals surface area contributed by atoms with E-state index in [9.17, 15) is 8.42 Å². The van der Waals surface area contributed by atoms with Gasteiger partial charge in [0.2, 0.25) is 10.0 Å². The van der Waals surface area contributed by atoms with Crippen molar-refractivity contribution in [3.63, 3.8) is 0 Å². The molecule has 7 nitrogen and oxygen atoms in total. The summed E-state index contributed by atoms with van der Waals surface area (Å²) in [5.74, 6) is 0.294. The van der Waals surface area contributed by atoms with E-state index in [-0.39, 0.29) is 17.8 Å². The van der Waals surface area contributed by atoms with Crippen LogP contribution in [-0.4, -0.2) is 61.2 Å². The SMILES string of the molecule is CCn1cc([C@@H]2CN(S(=O)(=O)C[C@@H]3CCOC3)CCO2)cn1. The van der Waals surface area contributed by atoms with E-state index < -0.39 is 10.0 Å². The molecular formula is C14H23N3O4S. The lowest BCUT2D eigenvalue weighted by molar-refractivity contribution is -0.00269. The summed E-state index contributed by atoms with van der Waals surface area (Å²) < 4.78 is 39.5. The Morgan fingerprint density at radius 1 is 1.41 bits per heavy atom. The normalized spacial score (nSPS) is 27.3. The lowest BCUT2D eigenvalue weighted by Gasteiger charge is -2.32. The van der Waals surface area contributed by atoms with Crippen molar-refractivity contribution >= 4 is 10.0 Å². The van der Waals surface area contributed by atoms with E-state index in [1.165, 1.54) is 0 Å². The molecule has 2 aliphatic rings. The summed E-state index contributed by atoms with van der Waals surface area (Å²) in [6.45, 7) is 5.23. The monoisotopic (exact) mass is 329 g/mol. The Balaban J connectivity index is 1.66. The molecule has 0 saturated carbocycles. The predicted octanol–water partition coefficient (Wildman–Crippen LogP) is 0.643. The second-order valence-electron chi connectivity index (χ2n) is 5.85. The van der Waals surface area contributed by atoms with Gasteiger partial charge in [0.25, 0.3) is 0 Å². The Morgan fingerprint density at radius 2 is 2.27 bits per heavy atom. The van der Waals surface area contributed by atoms with Crippen LogP contribution >= 0.6 is 0 Å². The summed E-state index contributed by atoms with van der Waals surface area (Å²) in [5.41, 5.74) is 0.936. The van der Waals surface area contributed by atoms with Crippen molar-refractivity contribution in [1.29, 1.82) is 0 Å². The van der Waals surface area contributed by atoms with Crippen molar-refractivity contribution in [1.82, 2.24) is 14.1 Å². The zero-order valence-electron chi connectivity index (χ0n) is 12.8. The summed E-state index contributed by atoms with van der Waals surface area (Å²) in [7, 11) is -3.26. The molecule has 2 saturated heterocycles. The van der Waals surface area contributed by atoms with Gasteiger partial charge in [-0.2, -0.15) is 9.40 Å². The molecule has 0 radical (unpaired) electrons. The van der Waals surface area contributed by atoms with Gasteiger partial charge >= 0.3 is 0 Å². The Morgan fingerprint density at radius 3 is 2.95 bits per heavy atom. The Kier molecular flexibility index (Phi) is 4.82. The first-order chi connectivity index (χ1) is 10.6. The topological polar surface area (TPSA) is 73.7 Å². The first-order valence-electron chi connectivity index (χ1n) is 7.78. The Bertz CT molecular complexity index is 595. The number of hydrogen-bond acceptors (Lipinski definition) is 5. The predicted molar refractivity (Wildman–Crippen MR) is 80.9 cm³/mol. The van der Waals surface area contributed by atoms with Gasteiger partial charge in [-0.05, 0) is 19.3 Å². The van der Waals surface area contributed by atoms with E-state index >= 15 is 0 Å². The highest BCUT2D eigenvalue weighted by Crippen LogP contribution is 2.25. The van der Waals surface area contributed by atoms with Crippen LogP contribution in [0.5, 0.6) is 0 Å². The van der Waals surface area contributed by atoms with Crippen LogP contribution in [0.25, 0.3) is 0 Å². The van der Waals surface area contributed by atoms with Gasteiger partial charge < -0.3 is 9.47 Å². The highest BCUT2D eigenvalue weighted by molar-refractivity contribution is 7.89. The van der Waals surface area contributed by atoms with Gasteiger partial charge in [-0.1, -0.05) is 0 Å². The molecule has 1 aromatic heterocycles. The summed E-state index contributed by atoms with van der Waals surface area (Å²) in [4.78, 5) is 0. The Hall–Kier alpha value is -0.960. The van der Waals surface area contributed by atoms with E-state index in [0.717, 1.165) is 18.5 Å². The molecule has 22 heavy (non-hydrogen) atoms. The minimum Gasteiger partial charge on any atom is -0.381 e. The average Bonchev–Trinajstić information content (AvgIpc) is 3.18. The molecule has 0 unspecified atom stereocenters. The van der Waals surface area contributed by atoms with E-state index in [1.54, 1.807) is 10.5 Å². The fourth-order valence-electron chi connectivity index (χ4n) is 2.92. The van der Waals surface area contributed by atoms with Gasteiger partial charge in [0.05, 0.1) is 31.3 Å². The lowest BCUT2D eigenvalue weighted by Crippen LogP contribution is -2.44. The highest BCUT2D eigenvalue weighted by Gasteiger charge is 2.33. The van der Waals surface area contributed by atoms with Gasteiger partial charge in [0.15, 0.2) is 0 Å². The van der Waals surface area contributed by atoms with Crippen molar-refractivity contribution < 1.29 is 17.9 Å². The summed E-state index contributed by atoms with van der Waals surface area (Å²) in [6.07, 6.45) is 4.28. The van der Waals surface area contributed by atoms with Gasteiger partial charge in [-0.15, -0.1) is 0 Å².